The summed E-state index contributed by atoms with van der Waals surface area (Å²) in [6.45, 7) is 1.58. The van der Waals surface area contributed by atoms with Gasteiger partial charge in [0.1, 0.15) is 22.0 Å². The standard InChI is InChI=1S/C17H12Cl2FN3O4S/c1-9-12(8-21-27-9)17(24)22-11-3-4-13(18)15(7-11)23-28(25,26)16-5-2-10(20)6-14(16)19/h2-8,23H,1H3,(H,22,24). The van der Waals surface area contributed by atoms with Crippen LogP contribution in [0.4, 0.5) is 15.8 Å². The van der Waals surface area contributed by atoms with Gasteiger partial charge in [-0.05, 0) is 43.3 Å². The van der Waals surface area contributed by atoms with Crippen LogP contribution in [0, 0.1) is 12.7 Å². The van der Waals surface area contributed by atoms with Crippen molar-refractivity contribution in [3.8, 4) is 0 Å². The maximum absolute atomic E-state index is 13.2. The Balaban J connectivity index is 1.87. The lowest BCUT2D eigenvalue weighted by Gasteiger charge is -2.13. The van der Waals surface area contributed by atoms with E-state index >= 15 is 0 Å². The first-order valence-electron chi connectivity index (χ1n) is 7.67. The van der Waals surface area contributed by atoms with Gasteiger partial charge in [0.25, 0.3) is 15.9 Å². The van der Waals surface area contributed by atoms with Crippen molar-refractivity contribution in [3.05, 3.63) is 69.8 Å². The molecule has 0 aliphatic heterocycles. The van der Waals surface area contributed by atoms with Gasteiger partial charge in [0.15, 0.2) is 0 Å². The van der Waals surface area contributed by atoms with Gasteiger partial charge in [-0.25, -0.2) is 12.8 Å². The Kier molecular flexibility index (Phi) is 5.59. The number of hydrogen-bond donors (Lipinski definition) is 2. The Morgan fingerprint density at radius 2 is 1.89 bits per heavy atom. The number of aryl methyl sites for hydroxylation is 1. The van der Waals surface area contributed by atoms with Crippen molar-refractivity contribution < 1.29 is 22.1 Å². The van der Waals surface area contributed by atoms with E-state index in [4.69, 9.17) is 27.7 Å². The van der Waals surface area contributed by atoms with Crippen LogP contribution >= 0.6 is 23.2 Å². The monoisotopic (exact) mass is 443 g/mol. The SMILES string of the molecule is Cc1oncc1C(=O)Nc1ccc(Cl)c(NS(=O)(=O)c2ccc(F)cc2Cl)c1. The zero-order chi connectivity index (χ0) is 20.5. The average Bonchev–Trinajstić information content (AvgIpc) is 3.03. The number of carbonyl (C=O) groups is 1. The molecule has 3 rings (SSSR count). The van der Waals surface area contributed by atoms with Crippen molar-refractivity contribution in [1.29, 1.82) is 0 Å². The van der Waals surface area contributed by atoms with Crippen molar-refractivity contribution in [2.75, 3.05) is 10.0 Å². The molecule has 3 aromatic rings. The number of anilines is 2. The predicted octanol–water partition coefficient (Wildman–Crippen LogP) is 4.48. The fraction of sp³-hybridized carbons (Fsp3) is 0.0588. The number of hydrogen-bond acceptors (Lipinski definition) is 5. The van der Waals surface area contributed by atoms with E-state index in [0.717, 1.165) is 18.2 Å². The first-order chi connectivity index (χ1) is 13.2. The van der Waals surface area contributed by atoms with E-state index in [1.54, 1.807) is 6.92 Å². The molecule has 0 aliphatic rings. The summed E-state index contributed by atoms with van der Waals surface area (Å²) in [5.41, 5.74) is 0.509. The minimum Gasteiger partial charge on any atom is -0.361 e. The normalized spacial score (nSPS) is 11.3. The fourth-order valence-electron chi connectivity index (χ4n) is 2.29. The van der Waals surface area contributed by atoms with Crippen LogP contribution in [0.25, 0.3) is 0 Å². The molecule has 146 valence electrons. The number of carbonyl (C=O) groups excluding carboxylic acids is 1. The second kappa shape index (κ2) is 7.78. The topological polar surface area (TPSA) is 101 Å². The lowest BCUT2D eigenvalue weighted by molar-refractivity contribution is 0.102. The lowest BCUT2D eigenvalue weighted by atomic mass is 10.2. The molecule has 0 saturated heterocycles. The number of sulfonamides is 1. The van der Waals surface area contributed by atoms with Crippen molar-refractivity contribution in [2.24, 2.45) is 0 Å². The minimum atomic E-state index is -4.15. The van der Waals surface area contributed by atoms with Gasteiger partial charge in [0.2, 0.25) is 0 Å². The number of benzene rings is 2. The van der Waals surface area contributed by atoms with Crippen molar-refractivity contribution in [1.82, 2.24) is 5.16 Å². The molecule has 0 atom stereocenters. The predicted molar refractivity (Wildman–Crippen MR) is 103 cm³/mol. The third-order valence-electron chi connectivity index (χ3n) is 3.65. The highest BCUT2D eigenvalue weighted by atomic mass is 35.5. The van der Waals surface area contributed by atoms with Crippen LogP contribution in [-0.2, 0) is 10.0 Å². The summed E-state index contributed by atoms with van der Waals surface area (Å²) in [6, 6.07) is 7.12. The Morgan fingerprint density at radius 1 is 1.14 bits per heavy atom. The third-order valence-corrected chi connectivity index (χ3v) is 5.83. The number of amides is 1. The number of rotatable bonds is 5. The van der Waals surface area contributed by atoms with Crippen LogP contribution < -0.4 is 10.0 Å². The summed E-state index contributed by atoms with van der Waals surface area (Å²) < 4.78 is 45.4. The molecule has 0 radical (unpaired) electrons. The molecule has 0 aliphatic carbocycles. The smallest absolute Gasteiger partial charge is 0.263 e. The van der Waals surface area contributed by atoms with Gasteiger partial charge in [-0.2, -0.15) is 0 Å². The average molecular weight is 444 g/mol. The summed E-state index contributed by atoms with van der Waals surface area (Å²) in [6.07, 6.45) is 1.26. The number of nitrogens with zero attached hydrogens (tertiary/aromatic N) is 1. The van der Waals surface area contributed by atoms with Gasteiger partial charge in [0.05, 0.1) is 21.9 Å². The molecular formula is C17H12Cl2FN3O4S. The van der Waals surface area contributed by atoms with Crippen LogP contribution in [0.2, 0.25) is 10.0 Å². The molecule has 2 N–H and O–H groups in total. The third kappa shape index (κ3) is 4.27. The lowest BCUT2D eigenvalue weighted by Crippen LogP contribution is -2.15. The second-order valence-electron chi connectivity index (χ2n) is 5.62. The zero-order valence-electron chi connectivity index (χ0n) is 14.2. The highest BCUT2D eigenvalue weighted by Gasteiger charge is 2.20. The summed E-state index contributed by atoms with van der Waals surface area (Å²) in [7, 11) is -4.15. The highest BCUT2D eigenvalue weighted by molar-refractivity contribution is 7.92. The van der Waals surface area contributed by atoms with Crippen LogP contribution in [-0.4, -0.2) is 19.5 Å². The number of aromatic nitrogens is 1. The van der Waals surface area contributed by atoms with Crippen molar-refractivity contribution >= 4 is 50.5 Å². The maximum Gasteiger partial charge on any atom is 0.263 e. The minimum absolute atomic E-state index is 0.00176. The summed E-state index contributed by atoms with van der Waals surface area (Å²) in [4.78, 5) is 11.9. The van der Waals surface area contributed by atoms with Crippen LogP contribution in [0.3, 0.4) is 0 Å². The Labute approximate surface area is 169 Å². The van der Waals surface area contributed by atoms with Crippen LogP contribution in [0.5, 0.6) is 0 Å². The molecule has 1 heterocycles. The molecule has 2 aromatic carbocycles. The van der Waals surface area contributed by atoms with E-state index in [2.05, 4.69) is 15.2 Å². The molecule has 0 unspecified atom stereocenters. The Morgan fingerprint density at radius 3 is 2.54 bits per heavy atom. The van der Waals surface area contributed by atoms with E-state index in [-0.39, 0.29) is 31.9 Å². The highest BCUT2D eigenvalue weighted by Crippen LogP contribution is 2.30. The zero-order valence-corrected chi connectivity index (χ0v) is 16.5. The fourth-order valence-corrected chi connectivity index (χ4v) is 4.11. The molecular weight excluding hydrogens is 432 g/mol. The van der Waals surface area contributed by atoms with Crippen LogP contribution in [0.1, 0.15) is 16.1 Å². The molecule has 7 nitrogen and oxygen atoms in total. The van der Waals surface area contributed by atoms with E-state index < -0.39 is 21.7 Å². The first-order valence-corrected chi connectivity index (χ1v) is 9.91. The van der Waals surface area contributed by atoms with Crippen molar-refractivity contribution in [2.45, 2.75) is 11.8 Å². The molecule has 0 saturated carbocycles. The molecule has 0 spiro atoms. The van der Waals surface area contributed by atoms with Gasteiger partial charge in [-0.15, -0.1) is 0 Å². The van der Waals surface area contributed by atoms with Gasteiger partial charge in [-0.3, -0.25) is 9.52 Å². The number of nitrogens with one attached hydrogen (secondary N) is 2. The molecule has 28 heavy (non-hydrogen) atoms. The summed E-state index contributed by atoms with van der Waals surface area (Å²) in [5.74, 6) is -0.828. The Bertz CT molecular complexity index is 1160. The van der Waals surface area contributed by atoms with Gasteiger partial charge >= 0.3 is 0 Å². The van der Waals surface area contributed by atoms with Gasteiger partial charge in [0, 0.05) is 5.69 Å². The molecule has 0 fully saturated rings. The van der Waals surface area contributed by atoms with E-state index in [1.807, 2.05) is 0 Å². The molecule has 1 aromatic heterocycles. The Hall–Kier alpha value is -2.62. The summed E-state index contributed by atoms with van der Waals surface area (Å²) in [5, 5.41) is 5.92. The van der Waals surface area contributed by atoms with E-state index in [0.29, 0.717) is 5.76 Å². The van der Waals surface area contributed by atoms with Gasteiger partial charge in [-0.1, -0.05) is 28.4 Å². The maximum atomic E-state index is 13.2. The first kappa shape index (κ1) is 20.1. The summed E-state index contributed by atoms with van der Waals surface area (Å²) >= 11 is 11.9. The van der Waals surface area contributed by atoms with E-state index in [9.17, 15) is 17.6 Å². The molecule has 0 bridgehead atoms. The molecule has 1 amide bonds. The van der Waals surface area contributed by atoms with Crippen molar-refractivity contribution in [3.63, 3.8) is 0 Å². The van der Waals surface area contributed by atoms with Crippen LogP contribution in [0.15, 0.2) is 52.0 Å². The number of halogens is 3. The van der Waals surface area contributed by atoms with Gasteiger partial charge < -0.3 is 9.84 Å². The molecule has 11 heteroatoms. The quantitative estimate of drug-likeness (QED) is 0.604. The van der Waals surface area contributed by atoms with E-state index in [1.165, 1.54) is 24.4 Å². The second-order valence-corrected chi connectivity index (χ2v) is 8.09. The largest absolute Gasteiger partial charge is 0.361 e.